The molecule has 2 aliphatic rings. The number of nitrogens with zero attached hydrogens (tertiary/aromatic N) is 1. The Hall–Kier alpha value is -2.31. The van der Waals surface area contributed by atoms with Crippen LogP contribution in [0.1, 0.15) is 44.6 Å². The second-order valence-electron chi connectivity index (χ2n) is 8.60. The fraction of sp³-hybridized carbons (Fsp3) is 0.385. The zero-order valence-electron chi connectivity index (χ0n) is 18.7. The lowest BCUT2D eigenvalue weighted by atomic mass is 9.97. The van der Waals surface area contributed by atoms with Crippen molar-refractivity contribution in [1.29, 1.82) is 0 Å². The van der Waals surface area contributed by atoms with Gasteiger partial charge in [-0.05, 0) is 61.9 Å². The normalized spacial score (nSPS) is 19.0. The van der Waals surface area contributed by atoms with Gasteiger partial charge in [-0.2, -0.15) is 0 Å². The summed E-state index contributed by atoms with van der Waals surface area (Å²) in [5.41, 5.74) is 2.85. The van der Waals surface area contributed by atoms with E-state index in [1.165, 1.54) is 42.3 Å². The lowest BCUT2D eigenvalue weighted by Gasteiger charge is -2.36. The third-order valence-corrected chi connectivity index (χ3v) is 8.08. The van der Waals surface area contributed by atoms with E-state index in [-0.39, 0.29) is 23.4 Å². The van der Waals surface area contributed by atoms with Gasteiger partial charge in [-0.3, -0.25) is 9.59 Å². The van der Waals surface area contributed by atoms with Crippen molar-refractivity contribution in [1.82, 2.24) is 5.32 Å². The highest BCUT2D eigenvalue weighted by atomic mass is 35.5. The third-order valence-electron chi connectivity index (χ3n) is 6.26. The second-order valence-corrected chi connectivity index (χ2v) is 10.2. The number of allylic oxidation sites excluding steroid dienone is 1. The summed E-state index contributed by atoms with van der Waals surface area (Å²) in [6.07, 6.45) is 7.85. The molecule has 1 N–H and O–H groups in total. The van der Waals surface area contributed by atoms with Gasteiger partial charge in [0, 0.05) is 16.5 Å². The number of nitrogens with one attached hydrogen (secondary N) is 1. The summed E-state index contributed by atoms with van der Waals surface area (Å²) >= 11 is 7.67. The van der Waals surface area contributed by atoms with E-state index in [1.807, 2.05) is 31.2 Å². The van der Waals surface area contributed by atoms with Crippen LogP contribution in [0.2, 0.25) is 5.02 Å². The van der Waals surface area contributed by atoms with E-state index in [9.17, 15) is 14.0 Å². The van der Waals surface area contributed by atoms with Crippen molar-refractivity contribution >= 4 is 40.9 Å². The summed E-state index contributed by atoms with van der Waals surface area (Å²) in [4.78, 5) is 29.1. The van der Waals surface area contributed by atoms with E-state index in [2.05, 4.69) is 11.4 Å². The number of benzene rings is 2. The minimum Gasteiger partial charge on any atom is -0.356 e. The van der Waals surface area contributed by atoms with Gasteiger partial charge in [0.2, 0.25) is 11.8 Å². The van der Waals surface area contributed by atoms with Gasteiger partial charge < -0.3 is 10.2 Å². The smallest absolute Gasteiger partial charge is 0.241 e. The van der Waals surface area contributed by atoms with E-state index in [1.54, 1.807) is 11.0 Å². The number of carbonyl (C=O) groups excluding carboxylic acids is 2. The molecule has 2 aromatic carbocycles. The molecule has 7 heteroatoms. The van der Waals surface area contributed by atoms with Crippen molar-refractivity contribution in [3.05, 3.63) is 70.5 Å². The maximum absolute atomic E-state index is 13.5. The Morgan fingerprint density at radius 3 is 2.85 bits per heavy atom. The fourth-order valence-electron chi connectivity index (χ4n) is 4.32. The number of hydrogen-bond acceptors (Lipinski definition) is 3. The summed E-state index contributed by atoms with van der Waals surface area (Å²) < 4.78 is 13.5. The third kappa shape index (κ3) is 5.61. The lowest BCUT2D eigenvalue weighted by Crippen LogP contribution is -2.47. The minimum absolute atomic E-state index is 0.114. The van der Waals surface area contributed by atoms with Gasteiger partial charge in [0.1, 0.15) is 11.1 Å². The molecule has 0 aromatic heterocycles. The van der Waals surface area contributed by atoms with Gasteiger partial charge in [-0.25, -0.2) is 4.39 Å². The first-order chi connectivity index (χ1) is 15.9. The quantitative estimate of drug-likeness (QED) is 0.479. The maximum Gasteiger partial charge on any atom is 0.241 e. The van der Waals surface area contributed by atoms with Crippen LogP contribution in [0.4, 0.5) is 10.1 Å². The van der Waals surface area contributed by atoms with Gasteiger partial charge in [-0.15, -0.1) is 11.8 Å². The number of amides is 2. The van der Waals surface area contributed by atoms with Crippen molar-refractivity contribution in [2.45, 2.75) is 55.7 Å². The largest absolute Gasteiger partial charge is 0.356 e. The number of rotatable bonds is 7. The molecule has 2 aromatic rings. The van der Waals surface area contributed by atoms with Gasteiger partial charge in [-0.1, -0.05) is 48.4 Å². The topological polar surface area (TPSA) is 49.4 Å². The van der Waals surface area contributed by atoms with Gasteiger partial charge in [0.15, 0.2) is 0 Å². The van der Waals surface area contributed by atoms with Crippen molar-refractivity contribution in [2.24, 2.45) is 5.92 Å². The highest BCUT2D eigenvalue weighted by molar-refractivity contribution is 8.01. The molecule has 4 nitrogen and oxygen atoms in total. The molecule has 0 saturated carbocycles. The van der Waals surface area contributed by atoms with Crippen LogP contribution in [0.3, 0.4) is 0 Å². The zero-order chi connectivity index (χ0) is 23.4. The molecule has 0 spiro atoms. The van der Waals surface area contributed by atoms with E-state index < -0.39 is 17.0 Å². The van der Waals surface area contributed by atoms with Gasteiger partial charge in [0.05, 0.1) is 18.2 Å². The molecule has 4 rings (SSSR count). The predicted molar refractivity (Wildman–Crippen MR) is 132 cm³/mol. The average molecular weight is 487 g/mol. The monoisotopic (exact) mass is 486 g/mol. The average Bonchev–Trinajstić information content (AvgIpc) is 2.82. The Balaban J connectivity index is 1.48. The molecule has 1 heterocycles. The Bertz CT molecular complexity index is 1070. The molecular weight excluding hydrogens is 459 g/mol. The molecule has 33 heavy (non-hydrogen) atoms. The summed E-state index contributed by atoms with van der Waals surface area (Å²) in [6, 6.07) is 11.8. The maximum atomic E-state index is 13.5. The van der Waals surface area contributed by atoms with Crippen molar-refractivity contribution in [3.8, 4) is 0 Å². The Morgan fingerprint density at radius 2 is 2.09 bits per heavy atom. The number of para-hydroxylation sites is 1. The van der Waals surface area contributed by atoms with E-state index in [0.29, 0.717) is 12.1 Å². The highest BCUT2D eigenvalue weighted by Crippen LogP contribution is 2.42. The Morgan fingerprint density at radius 1 is 1.27 bits per heavy atom. The second kappa shape index (κ2) is 10.7. The number of anilines is 1. The molecule has 174 valence electrons. The molecule has 1 aliphatic carbocycles. The van der Waals surface area contributed by atoms with E-state index >= 15 is 0 Å². The molecule has 0 radical (unpaired) electrons. The van der Waals surface area contributed by atoms with Crippen molar-refractivity contribution in [2.75, 3.05) is 11.4 Å². The number of carbonyl (C=O) groups is 2. The first kappa shape index (κ1) is 23.8. The first-order valence-corrected chi connectivity index (χ1v) is 12.7. The molecule has 0 saturated heterocycles. The highest BCUT2D eigenvalue weighted by Gasteiger charge is 2.39. The van der Waals surface area contributed by atoms with Crippen LogP contribution in [-0.2, 0) is 16.1 Å². The minimum atomic E-state index is -0.548. The predicted octanol–water partition coefficient (Wildman–Crippen LogP) is 6.13. The molecule has 2 unspecified atom stereocenters. The SMILES string of the molecule is CC(C(=O)NCCC1=CCCCC1)C1Sc2ccccc2N(Cc2ccc(F)cc2Cl)C1=O. The van der Waals surface area contributed by atoms with Crippen molar-refractivity contribution in [3.63, 3.8) is 0 Å². The molecular formula is C26H28ClFN2O2S. The summed E-state index contributed by atoms with van der Waals surface area (Å²) in [7, 11) is 0. The molecule has 0 fully saturated rings. The van der Waals surface area contributed by atoms with Gasteiger partial charge >= 0.3 is 0 Å². The van der Waals surface area contributed by atoms with E-state index in [0.717, 1.165) is 29.8 Å². The van der Waals surface area contributed by atoms with Crippen LogP contribution in [-0.4, -0.2) is 23.6 Å². The first-order valence-electron chi connectivity index (χ1n) is 11.4. The van der Waals surface area contributed by atoms with Crippen LogP contribution >= 0.6 is 23.4 Å². The number of hydrogen-bond donors (Lipinski definition) is 1. The summed E-state index contributed by atoms with van der Waals surface area (Å²) in [6.45, 7) is 2.61. The molecule has 1 aliphatic heterocycles. The summed E-state index contributed by atoms with van der Waals surface area (Å²) in [5, 5.41) is 2.75. The lowest BCUT2D eigenvalue weighted by molar-refractivity contribution is -0.128. The summed E-state index contributed by atoms with van der Waals surface area (Å²) in [5.74, 6) is -1.17. The van der Waals surface area contributed by atoms with Crippen LogP contribution < -0.4 is 10.2 Å². The van der Waals surface area contributed by atoms with Crippen LogP contribution in [0.15, 0.2) is 59.0 Å². The zero-order valence-corrected chi connectivity index (χ0v) is 20.2. The Kier molecular flexibility index (Phi) is 7.76. The molecule has 2 amide bonds. The fourth-order valence-corrected chi connectivity index (χ4v) is 5.83. The van der Waals surface area contributed by atoms with Gasteiger partial charge in [0.25, 0.3) is 0 Å². The number of fused-ring (bicyclic) bond motifs is 1. The Labute approximate surface area is 203 Å². The number of thioether (sulfide) groups is 1. The standard InChI is InChI=1S/C26H28ClFN2O2S/c1-17(25(31)29-14-13-18-7-3-2-4-8-18)24-26(32)30(22-9-5-6-10-23(22)33-24)16-19-11-12-20(28)15-21(19)27/h5-7,9-12,15,17,24H,2-4,8,13-14,16H2,1H3,(H,29,31). The molecule has 2 atom stereocenters. The van der Waals surface area contributed by atoms with Crippen LogP contribution in [0, 0.1) is 11.7 Å². The molecule has 0 bridgehead atoms. The van der Waals surface area contributed by atoms with Crippen LogP contribution in [0.25, 0.3) is 0 Å². The van der Waals surface area contributed by atoms with Crippen LogP contribution in [0.5, 0.6) is 0 Å². The number of halogens is 2. The van der Waals surface area contributed by atoms with E-state index in [4.69, 9.17) is 11.6 Å². The van der Waals surface area contributed by atoms with Crippen molar-refractivity contribution < 1.29 is 14.0 Å².